The van der Waals surface area contributed by atoms with Crippen LogP contribution in [0.15, 0.2) is 9.32 Å². The van der Waals surface area contributed by atoms with E-state index >= 15 is 0 Å². The maximum Gasteiger partial charge on any atom is 0.438 e. The number of aromatic nitrogens is 2. The van der Waals surface area contributed by atoms with Gasteiger partial charge in [-0.2, -0.15) is 0 Å². The summed E-state index contributed by atoms with van der Waals surface area (Å²) in [5, 5.41) is 3.75. The van der Waals surface area contributed by atoms with E-state index in [4.69, 9.17) is 0 Å². The Balaban J connectivity index is 1.96. The van der Waals surface area contributed by atoms with Crippen LogP contribution >= 0.6 is 0 Å². The van der Waals surface area contributed by atoms with Gasteiger partial charge in [-0.3, -0.25) is 9.51 Å². The summed E-state index contributed by atoms with van der Waals surface area (Å²) in [5.41, 5.74) is 0. The van der Waals surface area contributed by atoms with Crippen LogP contribution in [0.2, 0.25) is 0 Å². The molecule has 1 saturated heterocycles. The lowest BCUT2D eigenvalue weighted by molar-refractivity contribution is 0.168. The molecule has 1 N–H and O–H groups in total. The largest absolute Gasteiger partial charge is 0.438 e. The summed E-state index contributed by atoms with van der Waals surface area (Å²) in [7, 11) is 0. The van der Waals surface area contributed by atoms with Crippen molar-refractivity contribution in [3.8, 4) is 0 Å². The quantitative estimate of drug-likeness (QED) is 0.791. The molecule has 0 unspecified atom stereocenters. The highest BCUT2D eigenvalue weighted by Crippen LogP contribution is 2.25. The Kier molecular flexibility index (Phi) is 2.90. The molecule has 1 aromatic heterocycles. The first-order valence-electron chi connectivity index (χ1n) is 5.46. The van der Waals surface area contributed by atoms with Gasteiger partial charge in [0.05, 0.1) is 0 Å². The van der Waals surface area contributed by atoms with Gasteiger partial charge in [0.1, 0.15) is 0 Å². The van der Waals surface area contributed by atoms with Crippen LogP contribution in [0.4, 0.5) is 0 Å². The Bertz CT molecular complexity index is 361. The summed E-state index contributed by atoms with van der Waals surface area (Å²) >= 11 is 0. The van der Waals surface area contributed by atoms with E-state index in [1.54, 1.807) is 0 Å². The summed E-state index contributed by atoms with van der Waals surface area (Å²) in [4.78, 5) is 15.9. The van der Waals surface area contributed by atoms with Crippen molar-refractivity contribution >= 4 is 0 Å². The van der Waals surface area contributed by atoms with Gasteiger partial charge in [0.2, 0.25) is 0 Å². The van der Waals surface area contributed by atoms with E-state index < -0.39 is 5.76 Å². The van der Waals surface area contributed by atoms with Crippen molar-refractivity contribution in [3.63, 3.8) is 0 Å². The van der Waals surface area contributed by atoms with E-state index in [0.29, 0.717) is 17.8 Å². The molecule has 1 aliphatic rings. The number of nitrogens with one attached hydrogen (secondary N) is 1. The second kappa shape index (κ2) is 4.18. The maximum atomic E-state index is 10.8. The molecule has 0 aliphatic carbocycles. The molecule has 0 radical (unpaired) electrons. The van der Waals surface area contributed by atoms with Crippen LogP contribution in [0.3, 0.4) is 0 Å². The minimum Gasteiger partial charge on any atom is -0.301 e. The van der Waals surface area contributed by atoms with Gasteiger partial charge in [0.15, 0.2) is 5.82 Å². The predicted molar refractivity (Wildman–Crippen MR) is 55.8 cm³/mol. The van der Waals surface area contributed by atoms with Gasteiger partial charge in [-0.15, -0.1) is 0 Å². The third kappa shape index (κ3) is 2.28. The van der Waals surface area contributed by atoms with Crippen LogP contribution in [0.1, 0.15) is 38.4 Å². The zero-order chi connectivity index (χ0) is 10.8. The lowest BCUT2D eigenvalue weighted by Crippen LogP contribution is -2.38. The summed E-state index contributed by atoms with van der Waals surface area (Å²) in [5.74, 6) is 0.617. The number of hydrogen-bond acceptors (Lipinski definition) is 4. The minimum atomic E-state index is -0.448. The topological polar surface area (TPSA) is 62.1 Å². The molecule has 0 amide bonds. The van der Waals surface area contributed by atoms with E-state index in [1.807, 2.05) is 0 Å². The molecule has 2 heterocycles. The van der Waals surface area contributed by atoms with Crippen molar-refractivity contribution in [1.29, 1.82) is 0 Å². The standard InChI is InChI=1S/C10H17N3O2/c1-7(2)13-5-3-8(4-6-13)9-11-10(14)15-12-9/h7-8H,3-6H2,1-2H3,(H,11,12,14). The molecule has 15 heavy (non-hydrogen) atoms. The lowest BCUT2D eigenvalue weighted by Gasteiger charge is -2.33. The van der Waals surface area contributed by atoms with Gasteiger partial charge in [-0.05, 0) is 39.8 Å². The molecule has 5 nitrogen and oxygen atoms in total. The molecular formula is C10H17N3O2. The highest BCUT2D eigenvalue weighted by atomic mass is 16.5. The number of rotatable bonds is 2. The summed E-state index contributed by atoms with van der Waals surface area (Å²) in [6, 6.07) is 0.599. The lowest BCUT2D eigenvalue weighted by atomic mass is 9.95. The Morgan fingerprint density at radius 3 is 2.60 bits per heavy atom. The average molecular weight is 211 g/mol. The predicted octanol–water partition coefficient (Wildman–Crippen LogP) is 0.951. The number of likely N-dealkylation sites (tertiary alicyclic amines) is 1. The van der Waals surface area contributed by atoms with Gasteiger partial charge in [-0.1, -0.05) is 5.16 Å². The summed E-state index contributed by atoms with van der Waals surface area (Å²) in [6.07, 6.45) is 2.08. The van der Waals surface area contributed by atoms with Crippen molar-refractivity contribution < 1.29 is 4.52 Å². The zero-order valence-electron chi connectivity index (χ0n) is 9.19. The number of aromatic amines is 1. The van der Waals surface area contributed by atoms with Gasteiger partial charge in [0.25, 0.3) is 0 Å². The molecule has 5 heteroatoms. The third-order valence-electron chi connectivity index (χ3n) is 3.10. The molecule has 2 rings (SSSR count). The van der Waals surface area contributed by atoms with Crippen molar-refractivity contribution in [2.75, 3.05) is 13.1 Å². The maximum absolute atomic E-state index is 10.8. The fourth-order valence-corrected chi connectivity index (χ4v) is 2.11. The second-order valence-electron chi connectivity index (χ2n) is 4.38. The molecule has 0 saturated carbocycles. The molecule has 0 aromatic carbocycles. The molecule has 0 atom stereocenters. The molecule has 0 bridgehead atoms. The van der Waals surface area contributed by atoms with E-state index in [2.05, 4.69) is 33.4 Å². The number of piperidine rings is 1. The second-order valence-corrected chi connectivity index (χ2v) is 4.38. The fourth-order valence-electron chi connectivity index (χ4n) is 2.11. The minimum absolute atomic E-state index is 0.353. The van der Waals surface area contributed by atoms with E-state index in [-0.39, 0.29) is 0 Å². The van der Waals surface area contributed by atoms with E-state index in [1.165, 1.54) is 0 Å². The third-order valence-corrected chi connectivity index (χ3v) is 3.10. The highest BCUT2D eigenvalue weighted by Gasteiger charge is 2.24. The Morgan fingerprint density at radius 2 is 2.13 bits per heavy atom. The van der Waals surface area contributed by atoms with Crippen LogP contribution in [0, 0.1) is 0 Å². The Morgan fingerprint density at radius 1 is 1.47 bits per heavy atom. The SMILES string of the molecule is CC(C)N1CCC(c2noc(=O)[nH]2)CC1. The van der Waals surface area contributed by atoms with Crippen LogP contribution in [0.25, 0.3) is 0 Å². The first-order valence-corrected chi connectivity index (χ1v) is 5.46. The van der Waals surface area contributed by atoms with Crippen LogP contribution in [0.5, 0.6) is 0 Å². The number of H-pyrrole nitrogens is 1. The zero-order valence-corrected chi connectivity index (χ0v) is 9.19. The fraction of sp³-hybridized carbons (Fsp3) is 0.800. The smallest absolute Gasteiger partial charge is 0.301 e. The van der Waals surface area contributed by atoms with Gasteiger partial charge in [0, 0.05) is 12.0 Å². The summed E-state index contributed by atoms with van der Waals surface area (Å²) < 4.78 is 4.52. The molecule has 84 valence electrons. The first-order chi connectivity index (χ1) is 7.16. The van der Waals surface area contributed by atoms with Crippen LogP contribution in [-0.2, 0) is 0 Å². The van der Waals surface area contributed by atoms with Gasteiger partial charge < -0.3 is 4.90 Å². The monoisotopic (exact) mass is 211 g/mol. The normalized spacial score (nSPS) is 19.9. The van der Waals surface area contributed by atoms with Crippen LogP contribution in [-0.4, -0.2) is 34.2 Å². The molecular weight excluding hydrogens is 194 g/mol. The van der Waals surface area contributed by atoms with Crippen LogP contribution < -0.4 is 5.76 Å². The van der Waals surface area contributed by atoms with Crippen molar-refractivity contribution in [1.82, 2.24) is 15.0 Å². The molecule has 1 aromatic rings. The van der Waals surface area contributed by atoms with Gasteiger partial charge >= 0.3 is 5.76 Å². The highest BCUT2D eigenvalue weighted by molar-refractivity contribution is 4.95. The molecule has 1 fully saturated rings. The average Bonchev–Trinajstić information content (AvgIpc) is 2.65. The van der Waals surface area contributed by atoms with Crippen molar-refractivity contribution in [2.24, 2.45) is 0 Å². The summed E-state index contributed by atoms with van der Waals surface area (Å²) in [6.45, 7) is 6.55. The molecule has 1 aliphatic heterocycles. The van der Waals surface area contributed by atoms with E-state index in [9.17, 15) is 4.79 Å². The Hall–Kier alpha value is -1.10. The molecule has 0 spiro atoms. The Labute approximate surface area is 88.5 Å². The first kappa shape index (κ1) is 10.4. The van der Waals surface area contributed by atoms with E-state index in [0.717, 1.165) is 25.9 Å². The van der Waals surface area contributed by atoms with Crippen molar-refractivity contribution in [2.45, 2.75) is 38.6 Å². The number of nitrogens with zero attached hydrogens (tertiary/aromatic N) is 2. The van der Waals surface area contributed by atoms with Crippen molar-refractivity contribution in [3.05, 3.63) is 16.4 Å². The number of hydrogen-bond donors (Lipinski definition) is 1. The van der Waals surface area contributed by atoms with Gasteiger partial charge in [-0.25, -0.2) is 4.79 Å².